The Morgan fingerprint density at radius 3 is 2.90 bits per heavy atom. The number of nitrogens with zero attached hydrogens (tertiary/aromatic N) is 2. The van der Waals surface area contributed by atoms with E-state index in [0.717, 1.165) is 12.8 Å². The minimum Gasteiger partial charge on any atom is -0.381 e. The van der Waals surface area contributed by atoms with Crippen molar-refractivity contribution in [2.24, 2.45) is 5.73 Å². The summed E-state index contributed by atoms with van der Waals surface area (Å²) < 4.78 is 29.2. The second-order valence-corrected chi connectivity index (χ2v) is 7.05. The quantitative estimate of drug-likeness (QED) is 0.867. The van der Waals surface area contributed by atoms with Gasteiger partial charge in [-0.25, -0.2) is 13.4 Å². The molecule has 2 atom stereocenters. The number of methoxy groups -OCH3 is 1. The van der Waals surface area contributed by atoms with E-state index in [0.29, 0.717) is 18.9 Å². The molecule has 0 saturated carbocycles. The molecule has 1 aromatic heterocycles. The average molecular weight is 299 g/mol. The Morgan fingerprint density at radius 2 is 2.30 bits per heavy atom. The average Bonchev–Trinajstić information content (AvgIpc) is 2.45. The number of ether oxygens (including phenoxy) is 1. The van der Waals surface area contributed by atoms with E-state index in [1.54, 1.807) is 25.4 Å². The Hall–Kier alpha value is -1.18. The molecule has 2 heterocycles. The van der Waals surface area contributed by atoms with Crippen LogP contribution in [-0.2, 0) is 14.6 Å². The van der Waals surface area contributed by atoms with Gasteiger partial charge in [-0.1, -0.05) is 0 Å². The number of hydrogen-bond acceptors (Lipinski definition) is 6. The fraction of sp³-hybridized carbons (Fsp3) is 0.615. The summed E-state index contributed by atoms with van der Waals surface area (Å²) >= 11 is 0. The maximum atomic E-state index is 11.9. The fourth-order valence-corrected chi connectivity index (χ4v) is 3.45. The van der Waals surface area contributed by atoms with Gasteiger partial charge >= 0.3 is 0 Å². The highest BCUT2D eigenvalue weighted by atomic mass is 32.2. The monoisotopic (exact) mass is 299 g/mol. The van der Waals surface area contributed by atoms with Crippen molar-refractivity contribution in [2.75, 3.05) is 31.4 Å². The summed E-state index contributed by atoms with van der Waals surface area (Å²) in [6.45, 7) is 1.14. The van der Waals surface area contributed by atoms with Crippen molar-refractivity contribution in [3.8, 4) is 0 Å². The van der Waals surface area contributed by atoms with E-state index in [-0.39, 0.29) is 17.0 Å². The minimum absolute atomic E-state index is 0.0455. The lowest BCUT2D eigenvalue weighted by molar-refractivity contribution is 0.0707. The summed E-state index contributed by atoms with van der Waals surface area (Å²) in [5.74, 6) is 0.500. The molecule has 0 radical (unpaired) electrons. The van der Waals surface area contributed by atoms with Crippen LogP contribution in [0.3, 0.4) is 0 Å². The molecule has 20 heavy (non-hydrogen) atoms. The number of piperidine rings is 1. The predicted molar refractivity (Wildman–Crippen MR) is 77.6 cm³/mol. The molecule has 7 heteroatoms. The van der Waals surface area contributed by atoms with Crippen LogP contribution in [0.2, 0.25) is 0 Å². The van der Waals surface area contributed by atoms with Crippen molar-refractivity contribution in [2.45, 2.75) is 29.9 Å². The van der Waals surface area contributed by atoms with Crippen LogP contribution < -0.4 is 10.6 Å². The van der Waals surface area contributed by atoms with Gasteiger partial charge in [0.05, 0.1) is 6.10 Å². The SMILES string of the molecule is COC1CCN(c2ncccc2S(C)(=O)=O)C(CN)C1. The van der Waals surface area contributed by atoms with E-state index in [9.17, 15) is 8.42 Å². The van der Waals surface area contributed by atoms with Crippen molar-refractivity contribution in [3.05, 3.63) is 18.3 Å². The van der Waals surface area contributed by atoms with Crippen LogP contribution in [0.5, 0.6) is 0 Å². The van der Waals surface area contributed by atoms with Crippen LogP contribution in [0, 0.1) is 0 Å². The molecular weight excluding hydrogens is 278 g/mol. The van der Waals surface area contributed by atoms with E-state index in [2.05, 4.69) is 4.98 Å². The van der Waals surface area contributed by atoms with Crippen LogP contribution in [0.4, 0.5) is 5.82 Å². The molecule has 0 bridgehead atoms. The lowest BCUT2D eigenvalue weighted by atomic mass is 9.99. The summed E-state index contributed by atoms with van der Waals surface area (Å²) in [6.07, 6.45) is 4.61. The van der Waals surface area contributed by atoms with Crippen LogP contribution in [-0.4, -0.2) is 52.0 Å². The zero-order valence-corrected chi connectivity index (χ0v) is 12.6. The van der Waals surface area contributed by atoms with E-state index >= 15 is 0 Å². The Kier molecular flexibility index (Phi) is 4.62. The van der Waals surface area contributed by atoms with Crippen molar-refractivity contribution in [1.82, 2.24) is 4.98 Å². The molecular formula is C13H21N3O3S. The first-order valence-electron chi connectivity index (χ1n) is 6.62. The molecule has 2 N–H and O–H groups in total. The molecule has 1 aliphatic heterocycles. The van der Waals surface area contributed by atoms with Gasteiger partial charge in [-0.3, -0.25) is 0 Å². The number of nitrogens with two attached hydrogens (primary N) is 1. The normalized spacial score (nSPS) is 23.9. The van der Waals surface area contributed by atoms with Crippen molar-refractivity contribution in [3.63, 3.8) is 0 Å². The summed E-state index contributed by atoms with van der Waals surface area (Å²) in [6, 6.07) is 3.27. The highest BCUT2D eigenvalue weighted by Gasteiger charge is 2.31. The van der Waals surface area contributed by atoms with Gasteiger partial charge in [0, 0.05) is 38.7 Å². The highest BCUT2D eigenvalue weighted by Crippen LogP contribution is 2.29. The van der Waals surface area contributed by atoms with Crippen LogP contribution >= 0.6 is 0 Å². The van der Waals surface area contributed by atoms with Gasteiger partial charge < -0.3 is 15.4 Å². The Balaban J connectivity index is 2.36. The molecule has 1 fully saturated rings. The minimum atomic E-state index is -3.31. The van der Waals surface area contributed by atoms with Crippen molar-refractivity contribution < 1.29 is 13.2 Å². The Bertz CT molecular complexity index is 562. The van der Waals surface area contributed by atoms with Crippen molar-refractivity contribution >= 4 is 15.7 Å². The number of aromatic nitrogens is 1. The molecule has 1 aromatic rings. The lowest BCUT2D eigenvalue weighted by Gasteiger charge is -2.39. The van der Waals surface area contributed by atoms with Crippen LogP contribution in [0.1, 0.15) is 12.8 Å². The van der Waals surface area contributed by atoms with E-state index in [1.165, 1.54) is 6.26 Å². The second kappa shape index (κ2) is 6.07. The lowest BCUT2D eigenvalue weighted by Crippen LogP contribution is -2.49. The van der Waals surface area contributed by atoms with E-state index in [4.69, 9.17) is 10.5 Å². The highest BCUT2D eigenvalue weighted by molar-refractivity contribution is 7.90. The van der Waals surface area contributed by atoms with Crippen molar-refractivity contribution in [1.29, 1.82) is 0 Å². The molecule has 0 aromatic carbocycles. The topological polar surface area (TPSA) is 85.5 Å². The van der Waals surface area contributed by atoms with Gasteiger partial charge in [-0.2, -0.15) is 0 Å². The molecule has 2 rings (SSSR count). The second-order valence-electron chi connectivity index (χ2n) is 5.06. The van der Waals surface area contributed by atoms with Gasteiger partial charge in [0.25, 0.3) is 0 Å². The zero-order chi connectivity index (χ0) is 14.8. The molecule has 1 aliphatic rings. The van der Waals surface area contributed by atoms with Crippen LogP contribution in [0.25, 0.3) is 0 Å². The summed E-state index contributed by atoms with van der Waals surface area (Å²) in [4.78, 5) is 6.52. The van der Waals surface area contributed by atoms with Gasteiger partial charge in [-0.05, 0) is 25.0 Å². The van der Waals surface area contributed by atoms with Gasteiger partial charge in [-0.15, -0.1) is 0 Å². The third-order valence-electron chi connectivity index (χ3n) is 3.70. The Labute approximate surface area is 119 Å². The molecule has 0 spiro atoms. The third-order valence-corrected chi connectivity index (χ3v) is 4.81. The third kappa shape index (κ3) is 3.11. The molecule has 2 unspecified atom stereocenters. The van der Waals surface area contributed by atoms with Crippen LogP contribution in [0.15, 0.2) is 23.2 Å². The summed E-state index contributed by atoms with van der Waals surface area (Å²) in [7, 11) is -1.62. The smallest absolute Gasteiger partial charge is 0.179 e. The Morgan fingerprint density at radius 1 is 1.55 bits per heavy atom. The number of sulfone groups is 1. The van der Waals surface area contributed by atoms with E-state index < -0.39 is 9.84 Å². The largest absolute Gasteiger partial charge is 0.381 e. The van der Waals surface area contributed by atoms with Gasteiger partial charge in [0.1, 0.15) is 10.7 Å². The maximum absolute atomic E-state index is 11.9. The van der Waals surface area contributed by atoms with E-state index in [1.807, 2.05) is 4.90 Å². The fourth-order valence-electron chi connectivity index (χ4n) is 2.62. The molecule has 6 nitrogen and oxygen atoms in total. The first kappa shape index (κ1) is 15.2. The number of hydrogen-bond donors (Lipinski definition) is 1. The first-order valence-corrected chi connectivity index (χ1v) is 8.51. The summed E-state index contributed by atoms with van der Waals surface area (Å²) in [5, 5.41) is 0. The number of anilines is 1. The zero-order valence-electron chi connectivity index (χ0n) is 11.8. The number of rotatable bonds is 4. The predicted octanol–water partition coefficient (Wildman–Crippen LogP) is 0.428. The molecule has 1 saturated heterocycles. The standard InChI is InChI=1S/C13H21N3O3S/c1-19-11-5-7-16(10(8-11)9-14)13-12(20(2,17)18)4-3-6-15-13/h3-4,6,10-11H,5,7-9,14H2,1-2H3. The van der Waals surface area contributed by atoms with Gasteiger partial charge in [0.2, 0.25) is 0 Å². The molecule has 112 valence electrons. The number of pyridine rings is 1. The van der Waals surface area contributed by atoms with Gasteiger partial charge in [0.15, 0.2) is 9.84 Å². The maximum Gasteiger partial charge on any atom is 0.179 e. The summed E-state index contributed by atoms with van der Waals surface area (Å²) in [5.41, 5.74) is 5.83. The molecule has 0 amide bonds. The molecule has 0 aliphatic carbocycles. The first-order chi connectivity index (χ1) is 9.47.